The lowest BCUT2D eigenvalue weighted by atomic mass is 10.1. The van der Waals surface area contributed by atoms with E-state index in [0.717, 1.165) is 41.0 Å². The number of halogens is 1. The monoisotopic (exact) mass is 335 g/mol. The lowest BCUT2D eigenvalue weighted by Crippen LogP contribution is -2.28. The average Bonchev–Trinajstić information content (AvgIpc) is 2.77. The van der Waals surface area contributed by atoms with E-state index in [9.17, 15) is 0 Å². The maximum Gasteiger partial charge on any atom is 0.165 e. The third-order valence-corrected chi connectivity index (χ3v) is 3.95. The highest BCUT2D eigenvalue weighted by Gasteiger charge is 2.24. The molecule has 0 saturated carbocycles. The highest BCUT2D eigenvalue weighted by atomic mass is 79.9. The highest BCUT2D eigenvalue weighted by molar-refractivity contribution is 9.10. The molecule has 1 aliphatic rings. The van der Waals surface area contributed by atoms with Gasteiger partial charge in [0.25, 0.3) is 0 Å². The van der Waals surface area contributed by atoms with Crippen LogP contribution >= 0.6 is 15.9 Å². The fourth-order valence-electron chi connectivity index (χ4n) is 2.44. The molecular weight excluding hydrogens is 318 g/mol. The van der Waals surface area contributed by atoms with Crippen molar-refractivity contribution in [1.29, 1.82) is 0 Å². The van der Waals surface area contributed by atoms with Crippen molar-refractivity contribution < 1.29 is 0 Å². The van der Waals surface area contributed by atoms with Crippen molar-refractivity contribution in [3.05, 3.63) is 23.1 Å². The number of hydrogen-bond acceptors (Lipinski definition) is 4. The standard InChI is InChI=1S/C14H18BrN5/c1-14(2,3)20-13-10(11(15)18-20)12(16-9-17-13)19-7-5-4-6-8-19/h4-5,9H,6-8H2,1-3H3. The third-order valence-electron chi connectivity index (χ3n) is 3.40. The lowest BCUT2D eigenvalue weighted by Gasteiger charge is -2.25. The first-order valence-electron chi connectivity index (χ1n) is 6.78. The molecule has 0 aliphatic carbocycles. The summed E-state index contributed by atoms with van der Waals surface area (Å²) in [5.41, 5.74) is 0.765. The van der Waals surface area contributed by atoms with Gasteiger partial charge in [0.05, 0.1) is 10.9 Å². The topological polar surface area (TPSA) is 46.8 Å². The molecule has 0 fully saturated rings. The molecule has 0 spiro atoms. The summed E-state index contributed by atoms with van der Waals surface area (Å²) in [6.45, 7) is 8.24. The van der Waals surface area contributed by atoms with Gasteiger partial charge in [-0.25, -0.2) is 14.6 Å². The normalized spacial score (nSPS) is 16.1. The predicted molar refractivity (Wildman–Crippen MR) is 84.0 cm³/mol. The van der Waals surface area contributed by atoms with Gasteiger partial charge in [0, 0.05) is 13.1 Å². The summed E-state index contributed by atoms with van der Waals surface area (Å²) in [6.07, 6.45) is 7.07. The van der Waals surface area contributed by atoms with Crippen LogP contribution in [0.5, 0.6) is 0 Å². The van der Waals surface area contributed by atoms with E-state index in [0.29, 0.717) is 0 Å². The fourth-order valence-corrected chi connectivity index (χ4v) is 2.95. The maximum absolute atomic E-state index is 4.60. The first-order valence-corrected chi connectivity index (χ1v) is 7.57. The summed E-state index contributed by atoms with van der Waals surface area (Å²) in [5.74, 6) is 0.960. The summed E-state index contributed by atoms with van der Waals surface area (Å²) < 4.78 is 2.77. The van der Waals surface area contributed by atoms with Gasteiger partial charge in [0.1, 0.15) is 16.7 Å². The van der Waals surface area contributed by atoms with E-state index in [1.54, 1.807) is 6.33 Å². The van der Waals surface area contributed by atoms with Gasteiger partial charge >= 0.3 is 0 Å². The molecule has 0 amide bonds. The number of rotatable bonds is 1. The largest absolute Gasteiger partial charge is 0.352 e. The molecule has 2 aromatic rings. The zero-order valence-corrected chi connectivity index (χ0v) is 13.6. The Kier molecular flexibility index (Phi) is 3.28. The van der Waals surface area contributed by atoms with Crippen LogP contribution in [0.3, 0.4) is 0 Å². The smallest absolute Gasteiger partial charge is 0.165 e. The fraction of sp³-hybridized carbons (Fsp3) is 0.500. The minimum absolute atomic E-state index is 0.113. The molecule has 6 heteroatoms. The average molecular weight is 336 g/mol. The number of anilines is 1. The molecule has 0 saturated heterocycles. The quantitative estimate of drug-likeness (QED) is 0.751. The Morgan fingerprint density at radius 3 is 2.65 bits per heavy atom. The zero-order chi connectivity index (χ0) is 14.3. The van der Waals surface area contributed by atoms with E-state index in [-0.39, 0.29) is 5.54 Å². The van der Waals surface area contributed by atoms with E-state index < -0.39 is 0 Å². The van der Waals surface area contributed by atoms with Crippen molar-refractivity contribution in [3.63, 3.8) is 0 Å². The van der Waals surface area contributed by atoms with Crippen LogP contribution in [0.15, 0.2) is 23.1 Å². The molecule has 0 N–H and O–H groups in total. The van der Waals surface area contributed by atoms with Crippen LogP contribution in [-0.4, -0.2) is 32.8 Å². The van der Waals surface area contributed by atoms with Crippen LogP contribution < -0.4 is 4.90 Å². The molecule has 5 nitrogen and oxygen atoms in total. The molecule has 0 unspecified atom stereocenters. The Hall–Kier alpha value is -1.43. The van der Waals surface area contributed by atoms with Crippen LogP contribution in [0.4, 0.5) is 5.82 Å². The number of nitrogens with zero attached hydrogens (tertiary/aromatic N) is 5. The molecule has 3 rings (SSSR count). The number of aromatic nitrogens is 4. The summed E-state index contributed by atoms with van der Waals surface area (Å²) in [6, 6.07) is 0. The van der Waals surface area contributed by atoms with Crippen LogP contribution in [0.25, 0.3) is 11.0 Å². The van der Waals surface area contributed by atoms with Crippen molar-refractivity contribution in [3.8, 4) is 0 Å². The van der Waals surface area contributed by atoms with Crippen LogP contribution in [0, 0.1) is 0 Å². The van der Waals surface area contributed by atoms with Gasteiger partial charge in [-0.15, -0.1) is 0 Å². The van der Waals surface area contributed by atoms with Crippen molar-refractivity contribution in [1.82, 2.24) is 19.7 Å². The van der Waals surface area contributed by atoms with Gasteiger partial charge in [-0.2, -0.15) is 5.10 Å². The Balaban J connectivity index is 2.20. The van der Waals surface area contributed by atoms with E-state index in [4.69, 9.17) is 0 Å². The van der Waals surface area contributed by atoms with E-state index >= 15 is 0 Å². The lowest BCUT2D eigenvalue weighted by molar-refractivity contribution is 0.364. The Morgan fingerprint density at radius 1 is 1.20 bits per heavy atom. The van der Waals surface area contributed by atoms with Gasteiger partial charge in [0.2, 0.25) is 0 Å². The molecule has 0 bridgehead atoms. The van der Waals surface area contributed by atoms with E-state index in [1.165, 1.54) is 0 Å². The van der Waals surface area contributed by atoms with Gasteiger partial charge in [0.15, 0.2) is 5.65 Å². The molecular formula is C14H18BrN5. The van der Waals surface area contributed by atoms with Crippen molar-refractivity contribution in [2.24, 2.45) is 0 Å². The van der Waals surface area contributed by atoms with Crippen LogP contribution in [0.1, 0.15) is 27.2 Å². The molecule has 0 atom stereocenters. The van der Waals surface area contributed by atoms with Gasteiger partial charge in [-0.05, 0) is 43.1 Å². The molecule has 3 heterocycles. The number of hydrogen-bond donors (Lipinski definition) is 0. The maximum atomic E-state index is 4.60. The Labute approximate surface area is 126 Å². The van der Waals surface area contributed by atoms with Crippen molar-refractivity contribution >= 4 is 32.8 Å². The summed E-state index contributed by atoms with van der Waals surface area (Å²) >= 11 is 3.57. The van der Waals surface area contributed by atoms with Gasteiger partial charge in [-0.1, -0.05) is 12.2 Å². The summed E-state index contributed by atoms with van der Waals surface area (Å²) in [7, 11) is 0. The molecule has 0 radical (unpaired) electrons. The molecule has 0 aromatic carbocycles. The number of fused-ring (bicyclic) bond motifs is 1. The molecule has 106 valence electrons. The van der Waals surface area contributed by atoms with Crippen LogP contribution in [-0.2, 0) is 5.54 Å². The second-order valence-electron chi connectivity index (χ2n) is 5.98. The minimum Gasteiger partial charge on any atom is -0.352 e. The zero-order valence-electron chi connectivity index (χ0n) is 12.0. The first kappa shape index (κ1) is 13.5. The predicted octanol–water partition coefficient (Wildman–Crippen LogP) is 3.11. The molecule has 20 heavy (non-hydrogen) atoms. The summed E-state index contributed by atoms with van der Waals surface area (Å²) in [4.78, 5) is 11.2. The highest BCUT2D eigenvalue weighted by Crippen LogP contribution is 2.33. The second-order valence-corrected chi connectivity index (χ2v) is 6.73. The van der Waals surface area contributed by atoms with E-state index in [2.05, 4.69) is 68.8 Å². The molecule has 2 aromatic heterocycles. The first-order chi connectivity index (χ1) is 9.48. The van der Waals surface area contributed by atoms with Gasteiger partial charge < -0.3 is 4.90 Å². The van der Waals surface area contributed by atoms with Crippen molar-refractivity contribution in [2.45, 2.75) is 32.7 Å². The second kappa shape index (κ2) is 4.84. The molecule has 1 aliphatic heterocycles. The SMILES string of the molecule is CC(C)(C)n1nc(Br)c2c(N3CC=CCC3)ncnc21. The third kappa shape index (κ3) is 2.22. The van der Waals surface area contributed by atoms with Crippen LogP contribution in [0.2, 0.25) is 0 Å². The van der Waals surface area contributed by atoms with Gasteiger partial charge in [-0.3, -0.25) is 0 Å². The van der Waals surface area contributed by atoms with Crippen molar-refractivity contribution in [2.75, 3.05) is 18.0 Å². The summed E-state index contributed by atoms with van der Waals surface area (Å²) in [5, 5.41) is 5.60. The minimum atomic E-state index is -0.113. The Morgan fingerprint density at radius 2 is 2.00 bits per heavy atom. The van der Waals surface area contributed by atoms with E-state index in [1.807, 2.05) is 4.68 Å². The Bertz CT molecular complexity index is 668.